The second-order valence-electron chi connectivity index (χ2n) is 5.16. The summed E-state index contributed by atoms with van der Waals surface area (Å²) in [5.74, 6) is -0.334. The zero-order valence-corrected chi connectivity index (χ0v) is 14.3. The summed E-state index contributed by atoms with van der Waals surface area (Å²) in [5.41, 5.74) is 3.88. The molecule has 1 atom stereocenters. The number of H-pyrrole nitrogens is 1. The Balaban J connectivity index is 2.26. The number of hydrogen-bond donors (Lipinski definition) is 2. The number of rotatable bonds is 6. The van der Waals surface area contributed by atoms with Gasteiger partial charge in [0.15, 0.2) is 5.13 Å². The number of hydrogen-bond acceptors (Lipinski definition) is 6. The Bertz CT molecular complexity index is 663. The first-order chi connectivity index (χ1) is 10.5. The lowest BCUT2D eigenvalue weighted by Crippen LogP contribution is -2.20. The van der Waals surface area contributed by atoms with Crippen LogP contribution in [0.4, 0.5) is 5.13 Å². The van der Waals surface area contributed by atoms with Gasteiger partial charge in [0.25, 0.3) is 0 Å². The molecule has 2 heterocycles. The van der Waals surface area contributed by atoms with Crippen molar-refractivity contribution >= 4 is 22.4 Å². The first-order valence-electron chi connectivity index (χ1n) is 6.96. The summed E-state index contributed by atoms with van der Waals surface area (Å²) >= 11 is 1.52. The number of aromatic amines is 1. The topological polar surface area (TPSA) is 76.2 Å². The van der Waals surface area contributed by atoms with E-state index in [9.17, 15) is 4.79 Å². The molecular weight excluding hydrogens is 302 g/mol. The summed E-state index contributed by atoms with van der Waals surface area (Å²) in [6.45, 7) is 6.39. The SMILES string of the molecule is COC[C@@H](C)Nc1nc(-c2[nH]c(C)c(C(=O)OC)c2C)cs1. The van der Waals surface area contributed by atoms with E-state index in [-0.39, 0.29) is 12.0 Å². The lowest BCUT2D eigenvalue weighted by atomic mass is 10.1. The van der Waals surface area contributed by atoms with E-state index < -0.39 is 0 Å². The minimum atomic E-state index is -0.334. The molecule has 7 heteroatoms. The molecule has 0 saturated heterocycles. The number of carbonyl (C=O) groups excluding carboxylic acids is 1. The van der Waals surface area contributed by atoms with Crippen LogP contribution >= 0.6 is 11.3 Å². The molecule has 0 aliphatic heterocycles. The van der Waals surface area contributed by atoms with Crippen molar-refractivity contribution in [2.24, 2.45) is 0 Å². The molecule has 2 rings (SSSR count). The highest BCUT2D eigenvalue weighted by atomic mass is 32.1. The highest BCUT2D eigenvalue weighted by Gasteiger charge is 2.21. The molecule has 120 valence electrons. The minimum absolute atomic E-state index is 0.182. The van der Waals surface area contributed by atoms with Gasteiger partial charge >= 0.3 is 5.97 Å². The second kappa shape index (κ2) is 6.93. The maximum absolute atomic E-state index is 11.8. The maximum Gasteiger partial charge on any atom is 0.339 e. The van der Waals surface area contributed by atoms with Gasteiger partial charge in [0.05, 0.1) is 25.0 Å². The van der Waals surface area contributed by atoms with Crippen molar-refractivity contribution in [2.75, 3.05) is 26.1 Å². The van der Waals surface area contributed by atoms with E-state index in [2.05, 4.69) is 15.3 Å². The molecule has 0 amide bonds. The standard InChI is InChI=1S/C15H21N3O3S/c1-8(6-20-4)16-15-18-11(7-22-15)13-9(2)12(10(3)17-13)14(19)21-5/h7-8,17H,6H2,1-5H3,(H,16,18)/t8-/m1/s1. The van der Waals surface area contributed by atoms with Gasteiger partial charge in [-0.15, -0.1) is 11.3 Å². The van der Waals surface area contributed by atoms with E-state index in [1.807, 2.05) is 26.2 Å². The van der Waals surface area contributed by atoms with Crippen LogP contribution in [-0.4, -0.2) is 42.8 Å². The Morgan fingerprint density at radius 1 is 1.45 bits per heavy atom. The smallest absolute Gasteiger partial charge is 0.339 e. The molecule has 2 aromatic rings. The molecule has 2 N–H and O–H groups in total. The molecule has 0 aliphatic rings. The van der Waals surface area contributed by atoms with Crippen LogP contribution < -0.4 is 5.32 Å². The van der Waals surface area contributed by atoms with E-state index in [4.69, 9.17) is 9.47 Å². The number of anilines is 1. The predicted molar refractivity (Wildman–Crippen MR) is 87.7 cm³/mol. The monoisotopic (exact) mass is 323 g/mol. The molecule has 0 unspecified atom stereocenters. The Morgan fingerprint density at radius 3 is 2.82 bits per heavy atom. The summed E-state index contributed by atoms with van der Waals surface area (Å²) in [5, 5.41) is 6.07. The average molecular weight is 323 g/mol. The highest BCUT2D eigenvalue weighted by molar-refractivity contribution is 7.14. The zero-order valence-electron chi connectivity index (χ0n) is 13.4. The average Bonchev–Trinajstić information content (AvgIpc) is 3.03. The molecule has 0 fully saturated rings. The molecule has 0 saturated carbocycles. The fraction of sp³-hybridized carbons (Fsp3) is 0.467. The van der Waals surface area contributed by atoms with Crippen LogP contribution in [0.3, 0.4) is 0 Å². The van der Waals surface area contributed by atoms with Crippen molar-refractivity contribution in [3.05, 3.63) is 22.2 Å². The number of aromatic nitrogens is 2. The van der Waals surface area contributed by atoms with E-state index in [1.54, 1.807) is 7.11 Å². The second-order valence-corrected chi connectivity index (χ2v) is 6.01. The minimum Gasteiger partial charge on any atom is -0.465 e. The summed E-state index contributed by atoms with van der Waals surface area (Å²) in [6.07, 6.45) is 0. The molecule has 0 aromatic carbocycles. The van der Waals surface area contributed by atoms with Crippen LogP contribution in [0.25, 0.3) is 11.4 Å². The van der Waals surface area contributed by atoms with Crippen LogP contribution in [-0.2, 0) is 9.47 Å². The van der Waals surface area contributed by atoms with Gasteiger partial charge in [-0.3, -0.25) is 0 Å². The maximum atomic E-state index is 11.8. The lowest BCUT2D eigenvalue weighted by molar-refractivity contribution is 0.0599. The number of esters is 1. The lowest BCUT2D eigenvalue weighted by Gasteiger charge is -2.10. The van der Waals surface area contributed by atoms with Crippen LogP contribution in [0.5, 0.6) is 0 Å². The quantitative estimate of drug-likeness (QED) is 0.799. The van der Waals surface area contributed by atoms with Gasteiger partial charge in [0, 0.05) is 24.2 Å². The molecule has 0 aliphatic carbocycles. The van der Waals surface area contributed by atoms with Gasteiger partial charge in [-0.1, -0.05) is 0 Å². The van der Waals surface area contributed by atoms with Gasteiger partial charge < -0.3 is 19.8 Å². The first kappa shape index (κ1) is 16.5. The number of methoxy groups -OCH3 is 2. The van der Waals surface area contributed by atoms with Gasteiger partial charge in [-0.05, 0) is 26.3 Å². The van der Waals surface area contributed by atoms with E-state index in [0.29, 0.717) is 12.2 Å². The van der Waals surface area contributed by atoms with Crippen molar-refractivity contribution in [2.45, 2.75) is 26.8 Å². The summed E-state index contributed by atoms with van der Waals surface area (Å²) in [7, 11) is 3.06. The van der Waals surface area contributed by atoms with E-state index in [1.165, 1.54) is 18.4 Å². The molecule has 22 heavy (non-hydrogen) atoms. The Morgan fingerprint density at radius 2 is 2.18 bits per heavy atom. The number of carbonyl (C=O) groups is 1. The Hall–Kier alpha value is -1.86. The number of thiazole rings is 1. The van der Waals surface area contributed by atoms with Gasteiger partial charge in [0.1, 0.15) is 5.69 Å². The van der Waals surface area contributed by atoms with Crippen LogP contribution in [0.15, 0.2) is 5.38 Å². The molecule has 2 aromatic heterocycles. The third-order valence-electron chi connectivity index (χ3n) is 3.37. The van der Waals surface area contributed by atoms with Gasteiger partial charge in [0.2, 0.25) is 0 Å². The number of nitrogens with one attached hydrogen (secondary N) is 2. The fourth-order valence-corrected chi connectivity index (χ4v) is 3.19. The Kier molecular flexibility index (Phi) is 5.20. The third-order valence-corrected chi connectivity index (χ3v) is 4.15. The summed E-state index contributed by atoms with van der Waals surface area (Å²) in [6, 6.07) is 0.182. The summed E-state index contributed by atoms with van der Waals surface area (Å²) < 4.78 is 9.93. The van der Waals surface area contributed by atoms with Crippen LogP contribution in [0, 0.1) is 13.8 Å². The molecular formula is C15H21N3O3S. The van der Waals surface area contributed by atoms with Crippen LogP contribution in [0.2, 0.25) is 0 Å². The van der Waals surface area contributed by atoms with Crippen molar-refractivity contribution < 1.29 is 14.3 Å². The van der Waals surface area contributed by atoms with E-state index >= 15 is 0 Å². The van der Waals surface area contributed by atoms with Crippen molar-refractivity contribution in [1.29, 1.82) is 0 Å². The van der Waals surface area contributed by atoms with Crippen LogP contribution in [0.1, 0.15) is 28.5 Å². The molecule has 0 spiro atoms. The third kappa shape index (κ3) is 3.31. The summed E-state index contributed by atoms with van der Waals surface area (Å²) in [4.78, 5) is 19.6. The number of aryl methyl sites for hydroxylation is 1. The normalized spacial score (nSPS) is 12.2. The van der Waals surface area contributed by atoms with E-state index in [0.717, 1.165) is 27.8 Å². The van der Waals surface area contributed by atoms with Crippen molar-refractivity contribution in [1.82, 2.24) is 9.97 Å². The Labute approximate surface area is 133 Å². The highest BCUT2D eigenvalue weighted by Crippen LogP contribution is 2.30. The van der Waals surface area contributed by atoms with Crippen molar-refractivity contribution in [3.8, 4) is 11.4 Å². The largest absolute Gasteiger partial charge is 0.465 e. The molecule has 0 bridgehead atoms. The fourth-order valence-electron chi connectivity index (χ4n) is 2.37. The van der Waals surface area contributed by atoms with Gasteiger partial charge in [-0.25, -0.2) is 9.78 Å². The molecule has 6 nitrogen and oxygen atoms in total. The first-order valence-corrected chi connectivity index (χ1v) is 7.84. The molecule has 0 radical (unpaired) electrons. The van der Waals surface area contributed by atoms with Gasteiger partial charge in [-0.2, -0.15) is 0 Å². The zero-order chi connectivity index (χ0) is 16.3. The predicted octanol–water partition coefficient (Wildman–Crippen LogP) is 2.99. The van der Waals surface area contributed by atoms with Crippen molar-refractivity contribution in [3.63, 3.8) is 0 Å². The number of nitrogens with zero attached hydrogens (tertiary/aromatic N) is 1. The number of ether oxygens (including phenoxy) is 2.